The van der Waals surface area contributed by atoms with Crippen molar-refractivity contribution in [3.63, 3.8) is 0 Å². The number of nitrogens with zero attached hydrogens (tertiary/aromatic N) is 1. The molecule has 3 atom stereocenters. The molecule has 3 aromatic rings. The number of ether oxygens (including phenoxy) is 1. The van der Waals surface area contributed by atoms with Gasteiger partial charge in [-0.3, -0.25) is 4.67 Å². The lowest BCUT2D eigenvalue weighted by atomic mass is 10.00. The Bertz CT molecular complexity index is 1250. The van der Waals surface area contributed by atoms with Crippen molar-refractivity contribution in [1.29, 1.82) is 0 Å². The van der Waals surface area contributed by atoms with Crippen LogP contribution in [-0.2, 0) is 16.3 Å². The summed E-state index contributed by atoms with van der Waals surface area (Å²) in [5, 5.41) is 2.29. The minimum atomic E-state index is -2.44. The second-order valence-corrected chi connectivity index (χ2v) is 18.5. The molecule has 2 aliphatic carbocycles. The molecule has 2 saturated carbocycles. The molecule has 0 bridgehead atoms. The van der Waals surface area contributed by atoms with E-state index in [0.717, 1.165) is 22.4 Å². The van der Waals surface area contributed by atoms with Gasteiger partial charge in [-0.2, -0.15) is 0 Å². The van der Waals surface area contributed by atoms with Crippen molar-refractivity contribution in [1.82, 2.24) is 4.67 Å². The van der Waals surface area contributed by atoms with Crippen LogP contribution in [0.4, 0.5) is 0 Å². The van der Waals surface area contributed by atoms with Crippen LogP contribution in [0, 0.1) is 0 Å². The fourth-order valence-electron chi connectivity index (χ4n) is 6.80. The Morgan fingerprint density at radius 3 is 1.81 bits per heavy atom. The number of hydrogen-bond acceptors (Lipinski definition) is 3. The lowest BCUT2D eigenvalue weighted by Gasteiger charge is -2.44. The van der Waals surface area contributed by atoms with Gasteiger partial charge in [-0.1, -0.05) is 123 Å². The highest BCUT2D eigenvalue weighted by Crippen LogP contribution is 2.60. The van der Waals surface area contributed by atoms with Crippen molar-refractivity contribution in [2.24, 2.45) is 0 Å². The molecule has 3 aromatic carbocycles. The third kappa shape index (κ3) is 7.42. The number of benzene rings is 3. The zero-order valence-corrected chi connectivity index (χ0v) is 28.2. The largest absolute Gasteiger partial charge is 0.496 e. The molecule has 3 radical (unpaired) electrons. The van der Waals surface area contributed by atoms with E-state index in [-0.39, 0.29) is 20.6 Å². The number of methoxy groups -OCH3 is 1. The van der Waals surface area contributed by atoms with Crippen LogP contribution in [0.25, 0.3) is 0 Å². The molecule has 2 aliphatic rings. The summed E-state index contributed by atoms with van der Waals surface area (Å²) in [5.41, 5.74) is 2.70. The van der Waals surface area contributed by atoms with E-state index in [2.05, 4.69) is 97.5 Å². The van der Waals surface area contributed by atoms with E-state index in [9.17, 15) is 0 Å². The van der Waals surface area contributed by atoms with Crippen LogP contribution in [-0.4, -0.2) is 44.6 Å². The first-order chi connectivity index (χ1) is 20.0. The molecule has 0 aromatic heterocycles. The number of para-hydroxylation sites is 1. The van der Waals surface area contributed by atoms with Gasteiger partial charge in [-0.25, -0.2) is 0 Å². The maximum Gasteiger partial charge on any atom is 0.128 e. The van der Waals surface area contributed by atoms with E-state index in [4.69, 9.17) is 21.1 Å². The molecule has 223 valence electrons. The van der Waals surface area contributed by atoms with Crippen molar-refractivity contribution in [2.45, 2.75) is 94.6 Å². The monoisotopic (exact) mass is 618 g/mol. The van der Waals surface area contributed by atoms with Crippen LogP contribution in [0.3, 0.4) is 0 Å². The van der Waals surface area contributed by atoms with E-state index in [0.29, 0.717) is 0 Å². The predicted molar refractivity (Wildman–Crippen MR) is 187 cm³/mol. The van der Waals surface area contributed by atoms with Gasteiger partial charge in [0.05, 0.1) is 13.3 Å². The Balaban J connectivity index is 0.00000405. The molecule has 42 heavy (non-hydrogen) atoms. The predicted octanol–water partition coefficient (Wildman–Crippen LogP) is 8.80. The Hall–Kier alpha value is -1.48. The van der Waals surface area contributed by atoms with Gasteiger partial charge in [0.15, 0.2) is 0 Å². The number of rotatable bonds is 11. The third-order valence-corrected chi connectivity index (χ3v) is 17.4. The highest BCUT2D eigenvalue weighted by atomic mass is 32.4. The molecule has 0 amide bonds. The first-order valence-corrected chi connectivity index (χ1v) is 19.7. The van der Waals surface area contributed by atoms with Crippen LogP contribution in [0.15, 0.2) is 84.9 Å². The summed E-state index contributed by atoms with van der Waals surface area (Å²) in [7, 11) is 3.44. The van der Waals surface area contributed by atoms with Crippen molar-refractivity contribution in [3.8, 4) is 5.75 Å². The molecule has 0 N–H and O–H groups in total. The first-order valence-electron chi connectivity index (χ1n) is 15.6. The van der Waals surface area contributed by atoms with Gasteiger partial charge in [0.25, 0.3) is 0 Å². The summed E-state index contributed by atoms with van der Waals surface area (Å²) in [6, 6.07) is 30.1. The van der Waals surface area contributed by atoms with E-state index >= 15 is 0 Å². The summed E-state index contributed by atoms with van der Waals surface area (Å²) in [5.74, 6) is 0.863. The standard InChI is InChI=1S/C35H47NO2P2S.B/c1-28(36(2)40(41,32-24-14-7-15-25-32)34-27-17-16-26-33(34)37-3)35(29-18-8-4-9-19-29)38-39(30-20-10-5-11-21-30)31-22-12-6-13-23-31;/h4,7-9,14-19,24-28,30-31,35H,5-6,10-13,20-23H2,1-3H3;/t28-,35-,40+;/m1./s1. The van der Waals surface area contributed by atoms with Crippen LogP contribution >= 0.6 is 14.3 Å². The van der Waals surface area contributed by atoms with Gasteiger partial charge in [-0.05, 0) is 57.4 Å². The summed E-state index contributed by atoms with van der Waals surface area (Å²) >= 11 is 6.83. The van der Waals surface area contributed by atoms with Crippen molar-refractivity contribution in [2.75, 3.05) is 14.2 Å². The van der Waals surface area contributed by atoms with E-state index < -0.39 is 14.3 Å². The first kappa shape index (κ1) is 33.4. The second-order valence-electron chi connectivity index (χ2n) is 11.8. The Morgan fingerprint density at radius 1 is 0.762 bits per heavy atom. The molecule has 0 heterocycles. The fraction of sp³-hybridized carbons (Fsp3) is 0.486. The number of hydrogen-bond donors (Lipinski definition) is 0. The highest BCUT2D eigenvalue weighted by Gasteiger charge is 2.40. The molecule has 3 nitrogen and oxygen atoms in total. The van der Waals surface area contributed by atoms with E-state index in [1.807, 2.05) is 6.07 Å². The second kappa shape index (κ2) is 16.0. The van der Waals surface area contributed by atoms with E-state index in [1.54, 1.807) is 7.11 Å². The highest BCUT2D eigenvalue weighted by molar-refractivity contribution is 8.20. The van der Waals surface area contributed by atoms with Gasteiger partial charge in [0, 0.05) is 44.5 Å². The molecule has 0 saturated heterocycles. The number of likely N-dealkylation sites (N-methyl/N-ethyl adjacent to an activating group) is 1. The SMILES string of the molecule is COc1ccccc1[P@@](=S)(c1ccccc1)N(C)[C@H](C)[C@@H](OP(C1CCCCC1)C1CCCCC1)c1ccccc1.[B]. The normalized spacial score (nSPS) is 19.5. The molecular weight excluding hydrogens is 571 g/mol. The van der Waals surface area contributed by atoms with Crippen LogP contribution in [0.2, 0.25) is 0 Å². The minimum absolute atomic E-state index is 0. The molecule has 0 spiro atoms. The Morgan fingerprint density at radius 2 is 1.26 bits per heavy atom. The van der Waals surface area contributed by atoms with Crippen LogP contribution in [0.1, 0.15) is 82.8 Å². The molecular formula is C35H47BNO2P2S. The lowest BCUT2D eigenvalue weighted by molar-refractivity contribution is 0.144. The average molecular weight is 619 g/mol. The Labute approximate surface area is 263 Å². The minimum Gasteiger partial charge on any atom is -0.496 e. The smallest absolute Gasteiger partial charge is 0.128 e. The van der Waals surface area contributed by atoms with Gasteiger partial charge in [0.1, 0.15) is 11.9 Å². The lowest BCUT2D eigenvalue weighted by Crippen LogP contribution is -2.40. The quantitative estimate of drug-likeness (QED) is 0.158. The third-order valence-electron chi connectivity index (χ3n) is 9.22. The molecule has 0 unspecified atom stereocenters. The summed E-state index contributed by atoms with van der Waals surface area (Å²) in [6.45, 7) is 2.34. The van der Waals surface area contributed by atoms with Crippen molar-refractivity contribution < 1.29 is 9.26 Å². The molecule has 2 fully saturated rings. The van der Waals surface area contributed by atoms with Gasteiger partial charge >= 0.3 is 0 Å². The van der Waals surface area contributed by atoms with Crippen molar-refractivity contribution in [3.05, 3.63) is 90.5 Å². The molecule has 7 heteroatoms. The molecule has 0 aliphatic heterocycles. The zero-order valence-electron chi connectivity index (χ0n) is 25.6. The van der Waals surface area contributed by atoms with Gasteiger partial charge < -0.3 is 9.26 Å². The maximum atomic E-state index is 7.59. The van der Waals surface area contributed by atoms with Gasteiger partial charge in [-0.15, -0.1) is 0 Å². The van der Waals surface area contributed by atoms with Crippen LogP contribution < -0.4 is 15.3 Å². The summed E-state index contributed by atoms with van der Waals surface area (Å²) < 4.78 is 16.0. The fourth-order valence-corrected chi connectivity index (χ4v) is 14.3. The van der Waals surface area contributed by atoms with Crippen molar-refractivity contribution >= 4 is 45.2 Å². The maximum absolute atomic E-state index is 7.59. The zero-order chi connectivity index (χ0) is 28.7. The topological polar surface area (TPSA) is 21.7 Å². The van der Waals surface area contributed by atoms with Gasteiger partial charge in [0.2, 0.25) is 0 Å². The molecule has 5 rings (SSSR count). The summed E-state index contributed by atoms with van der Waals surface area (Å²) in [6.07, 6.45) is 11.0. The average Bonchev–Trinajstić information content (AvgIpc) is 3.06. The van der Waals surface area contributed by atoms with Crippen LogP contribution in [0.5, 0.6) is 5.75 Å². The Kier molecular flexibility index (Phi) is 12.7. The summed E-state index contributed by atoms with van der Waals surface area (Å²) in [4.78, 5) is 0. The van der Waals surface area contributed by atoms with E-state index in [1.165, 1.54) is 75.1 Å².